The molecule has 1 amide bonds. The van der Waals surface area contributed by atoms with Gasteiger partial charge in [0.1, 0.15) is 17.1 Å². The van der Waals surface area contributed by atoms with Crippen molar-refractivity contribution < 1.29 is 33.2 Å². The van der Waals surface area contributed by atoms with Crippen molar-refractivity contribution in [2.24, 2.45) is 0 Å². The number of hydrogen-bond acceptors (Lipinski definition) is 7. The zero-order chi connectivity index (χ0) is 26.9. The van der Waals surface area contributed by atoms with E-state index in [1.54, 1.807) is 18.2 Å². The minimum absolute atomic E-state index is 0.169. The average Bonchev–Trinajstić information content (AvgIpc) is 2.92. The van der Waals surface area contributed by atoms with Crippen LogP contribution < -0.4 is 29.4 Å². The number of hydrogen-bond donors (Lipinski definition) is 1. The number of anilines is 1. The minimum Gasteiger partial charge on any atom is -0.506 e. The number of pyridine rings is 1. The Labute approximate surface area is 211 Å². The van der Waals surface area contributed by atoms with Gasteiger partial charge in [0.05, 0.1) is 39.6 Å². The molecular weight excluding hydrogens is 483 g/mol. The molecular formula is C27H25FN2O7. The summed E-state index contributed by atoms with van der Waals surface area (Å²) in [6.07, 6.45) is 0. The van der Waals surface area contributed by atoms with Gasteiger partial charge in [0, 0.05) is 30.3 Å². The van der Waals surface area contributed by atoms with Gasteiger partial charge in [0.25, 0.3) is 11.5 Å². The first-order chi connectivity index (χ1) is 17.7. The molecule has 1 N–H and O–H groups in total. The highest BCUT2D eigenvalue weighted by molar-refractivity contribution is 6.10. The lowest BCUT2D eigenvalue weighted by Gasteiger charge is -2.21. The summed E-state index contributed by atoms with van der Waals surface area (Å²) < 4.78 is 36.2. The largest absolute Gasteiger partial charge is 0.506 e. The summed E-state index contributed by atoms with van der Waals surface area (Å²) in [5.41, 5.74) is -0.341. The zero-order valence-corrected chi connectivity index (χ0v) is 20.9. The molecule has 1 heterocycles. The SMILES string of the molecule is COc1ccc(-n2c(=O)c(C(=O)N(C)c3ccc(F)cc3)c(O)c3cc(OC)c(OC)cc32)cc1OC. The summed E-state index contributed by atoms with van der Waals surface area (Å²) in [5, 5.41) is 11.4. The van der Waals surface area contributed by atoms with E-state index in [0.29, 0.717) is 28.6 Å². The predicted molar refractivity (Wildman–Crippen MR) is 137 cm³/mol. The number of aromatic nitrogens is 1. The van der Waals surface area contributed by atoms with Crippen LogP contribution in [0.3, 0.4) is 0 Å². The Bertz CT molecular complexity index is 1550. The Balaban J connectivity index is 2.06. The van der Waals surface area contributed by atoms with E-state index in [1.165, 1.54) is 76.5 Å². The van der Waals surface area contributed by atoms with E-state index in [2.05, 4.69) is 0 Å². The van der Waals surface area contributed by atoms with Crippen molar-refractivity contribution in [2.45, 2.75) is 0 Å². The topological polar surface area (TPSA) is 99.5 Å². The maximum Gasteiger partial charge on any atom is 0.272 e. The quantitative estimate of drug-likeness (QED) is 0.400. The number of amides is 1. The van der Waals surface area contributed by atoms with Crippen molar-refractivity contribution in [1.29, 1.82) is 0 Å². The molecule has 0 aliphatic rings. The molecule has 1 aromatic heterocycles. The Morgan fingerprint density at radius 3 is 2.00 bits per heavy atom. The first-order valence-electron chi connectivity index (χ1n) is 11.0. The molecule has 0 saturated carbocycles. The van der Waals surface area contributed by atoms with Gasteiger partial charge in [-0.3, -0.25) is 14.2 Å². The summed E-state index contributed by atoms with van der Waals surface area (Å²) in [6, 6.07) is 13.0. The lowest BCUT2D eigenvalue weighted by Crippen LogP contribution is -2.34. The molecule has 0 bridgehead atoms. The van der Waals surface area contributed by atoms with Crippen LogP contribution in [0.1, 0.15) is 10.4 Å². The molecule has 37 heavy (non-hydrogen) atoms. The van der Waals surface area contributed by atoms with E-state index in [0.717, 1.165) is 4.90 Å². The van der Waals surface area contributed by atoms with E-state index < -0.39 is 28.6 Å². The molecule has 4 aromatic rings. The molecule has 4 rings (SSSR count). The maximum atomic E-state index is 13.9. The van der Waals surface area contributed by atoms with Gasteiger partial charge >= 0.3 is 0 Å². The van der Waals surface area contributed by atoms with Crippen LogP contribution in [0.5, 0.6) is 28.7 Å². The predicted octanol–water partition coefficient (Wildman–Crippen LogP) is 4.15. The second-order valence-electron chi connectivity index (χ2n) is 7.97. The number of halogens is 1. The monoisotopic (exact) mass is 508 g/mol. The lowest BCUT2D eigenvalue weighted by molar-refractivity contribution is 0.0989. The Morgan fingerprint density at radius 2 is 1.41 bits per heavy atom. The van der Waals surface area contributed by atoms with Gasteiger partial charge in [-0.15, -0.1) is 0 Å². The Morgan fingerprint density at radius 1 is 0.838 bits per heavy atom. The van der Waals surface area contributed by atoms with Crippen molar-refractivity contribution in [1.82, 2.24) is 4.57 Å². The van der Waals surface area contributed by atoms with Gasteiger partial charge in [-0.05, 0) is 42.5 Å². The molecule has 0 radical (unpaired) electrons. The number of nitrogens with zero attached hydrogens (tertiary/aromatic N) is 2. The maximum absolute atomic E-state index is 13.9. The molecule has 10 heteroatoms. The molecule has 0 aliphatic heterocycles. The number of fused-ring (bicyclic) bond motifs is 1. The normalized spacial score (nSPS) is 10.8. The number of carbonyl (C=O) groups is 1. The fourth-order valence-electron chi connectivity index (χ4n) is 4.06. The smallest absolute Gasteiger partial charge is 0.272 e. The molecule has 0 atom stereocenters. The molecule has 192 valence electrons. The van der Waals surface area contributed by atoms with Gasteiger partial charge in [0.2, 0.25) is 0 Å². The van der Waals surface area contributed by atoms with Crippen LogP contribution in [0, 0.1) is 5.82 Å². The minimum atomic E-state index is -0.792. The first kappa shape index (κ1) is 25.4. The van der Waals surface area contributed by atoms with Crippen LogP contribution in [0.25, 0.3) is 16.6 Å². The second-order valence-corrected chi connectivity index (χ2v) is 7.97. The summed E-state index contributed by atoms with van der Waals surface area (Å²) in [6.45, 7) is 0. The van der Waals surface area contributed by atoms with Crippen molar-refractivity contribution in [2.75, 3.05) is 40.4 Å². The number of rotatable bonds is 7. The summed E-state index contributed by atoms with van der Waals surface area (Å²) in [5.74, 6) is -0.413. The van der Waals surface area contributed by atoms with Gasteiger partial charge in [-0.1, -0.05) is 0 Å². The third kappa shape index (κ3) is 4.37. The lowest BCUT2D eigenvalue weighted by atomic mass is 10.1. The van der Waals surface area contributed by atoms with Crippen LogP contribution in [-0.4, -0.2) is 51.1 Å². The third-order valence-corrected chi connectivity index (χ3v) is 6.01. The van der Waals surface area contributed by atoms with E-state index in [1.807, 2.05) is 0 Å². The fraction of sp³-hybridized carbons (Fsp3) is 0.185. The van der Waals surface area contributed by atoms with Crippen LogP contribution in [0.2, 0.25) is 0 Å². The van der Waals surface area contributed by atoms with Crippen LogP contribution in [0.15, 0.2) is 59.4 Å². The van der Waals surface area contributed by atoms with Gasteiger partial charge in [-0.2, -0.15) is 0 Å². The summed E-state index contributed by atoms with van der Waals surface area (Å²) >= 11 is 0. The fourth-order valence-corrected chi connectivity index (χ4v) is 4.06. The summed E-state index contributed by atoms with van der Waals surface area (Å²) in [7, 11) is 7.24. The Hall–Kier alpha value is -4.73. The van der Waals surface area contributed by atoms with Crippen molar-refractivity contribution >= 4 is 22.5 Å². The van der Waals surface area contributed by atoms with Gasteiger partial charge < -0.3 is 29.0 Å². The molecule has 0 fully saturated rings. The number of methoxy groups -OCH3 is 4. The third-order valence-electron chi connectivity index (χ3n) is 6.01. The molecule has 9 nitrogen and oxygen atoms in total. The molecule has 0 unspecified atom stereocenters. The van der Waals surface area contributed by atoms with Gasteiger partial charge in [0.15, 0.2) is 23.0 Å². The molecule has 0 spiro atoms. The highest BCUT2D eigenvalue weighted by atomic mass is 19.1. The van der Waals surface area contributed by atoms with Gasteiger partial charge in [-0.25, -0.2) is 4.39 Å². The number of aromatic hydroxyl groups is 1. The van der Waals surface area contributed by atoms with E-state index in [-0.39, 0.29) is 16.7 Å². The standard InChI is InChI=1S/C27H25FN2O7/c1-29(16-8-6-15(28)7-9-16)26(32)24-25(31)18-13-22(36-4)23(37-5)14-19(18)30(27(24)33)17-10-11-20(34-2)21(12-17)35-3/h6-14,31H,1-5H3. The van der Waals surface area contributed by atoms with Crippen molar-refractivity contribution in [3.63, 3.8) is 0 Å². The van der Waals surface area contributed by atoms with Crippen molar-refractivity contribution in [3.05, 3.63) is 76.3 Å². The van der Waals surface area contributed by atoms with E-state index in [9.17, 15) is 19.1 Å². The molecule has 3 aromatic carbocycles. The summed E-state index contributed by atoms with van der Waals surface area (Å²) in [4.78, 5) is 28.6. The number of ether oxygens (including phenoxy) is 4. The Kier molecular flexibility index (Phi) is 6.92. The van der Waals surface area contributed by atoms with E-state index in [4.69, 9.17) is 18.9 Å². The average molecular weight is 509 g/mol. The van der Waals surface area contributed by atoms with Crippen LogP contribution in [0.4, 0.5) is 10.1 Å². The van der Waals surface area contributed by atoms with Crippen molar-refractivity contribution in [3.8, 4) is 34.4 Å². The highest BCUT2D eigenvalue weighted by Crippen LogP contribution is 2.38. The van der Waals surface area contributed by atoms with Crippen LogP contribution in [-0.2, 0) is 0 Å². The second kappa shape index (κ2) is 10.1. The highest BCUT2D eigenvalue weighted by Gasteiger charge is 2.27. The molecule has 0 saturated heterocycles. The van der Waals surface area contributed by atoms with E-state index >= 15 is 0 Å². The number of carbonyl (C=O) groups excluding carboxylic acids is 1. The zero-order valence-electron chi connectivity index (χ0n) is 20.9. The van der Waals surface area contributed by atoms with Crippen LogP contribution >= 0.6 is 0 Å². The number of benzene rings is 3. The first-order valence-corrected chi connectivity index (χ1v) is 11.0. The molecule has 0 aliphatic carbocycles.